The Morgan fingerprint density at radius 1 is 1.17 bits per heavy atom. The van der Waals surface area contributed by atoms with Crippen LogP contribution in [-0.4, -0.2) is 44.5 Å². The molecular formula is C19H16N4O7. The van der Waals surface area contributed by atoms with Crippen molar-refractivity contribution < 1.29 is 23.9 Å². The van der Waals surface area contributed by atoms with Crippen molar-refractivity contribution in [2.75, 3.05) is 7.05 Å². The van der Waals surface area contributed by atoms with Crippen LogP contribution in [0, 0.1) is 0 Å². The minimum absolute atomic E-state index is 0.181. The van der Waals surface area contributed by atoms with Crippen molar-refractivity contribution in [1.29, 1.82) is 0 Å². The first-order chi connectivity index (χ1) is 14.2. The van der Waals surface area contributed by atoms with E-state index < -0.39 is 35.0 Å². The number of nitrogens with one attached hydrogen (secondary N) is 2. The van der Waals surface area contributed by atoms with Crippen molar-refractivity contribution in [2.45, 2.75) is 0 Å². The molecule has 3 N–H and O–H groups in total. The molecule has 1 aliphatic heterocycles. The molecule has 154 valence electrons. The van der Waals surface area contributed by atoms with Crippen LogP contribution in [0.3, 0.4) is 0 Å². The summed E-state index contributed by atoms with van der Waals surface area (Å²) in [6.07, 6.45) is 6.61. The molecule has 1 fully saturated rings. The summed E-state index contributed by atoms with van der Waals surface area (Å²) in [4.78, 5) is 62.0. The lowest BCUT2D eigenvalue weighted by Gasteiger charge is -2.21. The third kappa shape index (κ3) is 3.76. The monoisotopic (exact) mass is 412 g/mol. The largest absolute Gasteiger partial charge is 0.494 e. The van der Waals surface area contributed by atoms with Crippen molar-refractivity contribution in [3.05, 3.63) is 74.4 Å². The fourth-order valence-corrected chi connectivity index (χ4v) is 2.55. The van der Waals surface area contributed by atoms with E-state index in [-0.39, 0.29) is 11.1 Å². The molecule has 0 aromatic carbocycles. The van der Waals surface area contributed by atoms with Gasteiger partial charge in [-0.1, -0.05) is 12.2 Å². The predicted molar refractivity (Wildman–Crippen MR) is 104 cm³/mol. The molecule has 0 spiro atoms. The summed E-state index contributed by atoms with van der Waals surface area (Å²) >= 11 is 0. The van der Waals surface area contributed by atoms with Gasteiger partial charge in [0.05, 0.1) is 6.26 Å². The fraction of sp³-hybridized carbons (Fsp3) is 0.105. The molecule has 30 heavy (non-hydrogen) atoms. The Kier molecular flexibility index (Phi) is 5.36. The molecule has 2 aromatic heterocycles. The maximum absolute atomic E-state index is 12.2. The third-order valence-electron chi connectivity index (χ3n) is 4.30. The summed E-state index contributed by atoms with van der Waals surface area (Å²) in [5.41, 5.74) is -1.70. The number of carbonyl (C=O) groups excluding carboxylic acids is 3. The van der Waals surface area contributed by atoms with Crippen molar-refractivity contribution in [3.63, 3.8) is 0 Å². The second-order valence-electron chi connectivity index (χ2n) is 6.19. The number of barbiturate groups is 1. The molecule has 0 bridgehead atoms. The van der Waals surface area contributed by atoms with Crippen LogP contribution in [0.2, 0.25) is 0 Å². The van der Waals surface area contributed by atoms with Crippen LogP contribution in [0.15, 0.2) is 56.2 Å². The van der Waals surface area contributed by atoms with Crippen molar-refractivity contribution in [3.8, 4) is 5.88 Å². The molecule has 11 nitrogen and oxygen atoms in total. The lowest BCUT2D eigenvalue weighted by Crippen LogP contribution is -2.52. The number of aromatic hydroxyl groups is 1. The van der Waals surface area contributed by atoms with Crippen LogP contribution in [0.5, 0.6) is 5.88 Å². The molecule has 0 atom stereocenters. The van der Waals surface area contributed by atoms with Gasteiger partial charge in [0.2, 0.25) is 5.88 Å². The van der Waals surface area contributed by atoms with E-state index in [0.717, 1.165) is 9.47 Å². The van der Waals surface area contributed by atoms with Gasteiger partial charge in [-0.25, -0.2) is 9.59 Å². The summed E-state index contributed by atoms with van der Waals surface area (Å²) < 4.78 is 6.18. The summed E-state index contributed by atoms with van der Waals surface area (Å²) in [5, 5.41) is 12.1. The van der Waals surface area contributed by atoms with E-state index in [4.69, 9.17) is 4.42 Å². The van der Waals surface area contributed by atoms with E-state index in [9.17, 15) is 29.1 Å². The van der Waals surface area contributed by atoms with E-state index in [0.29, 0.717) is 11.3 Å². The zero-order valence-corrected chi connectivity index (χ0v) is 15.8. The van der Waals surface area contributed by atoms with Crippen LogP contribution in [0.4, 0.5) is 4.79 Å². The topological polar surface area (TPSA) is 155 Å². The average Bonchev–Trinajstić information content (AvgIpc) is 3.23. The van der Waals surface area contributed by atoms with Gasteiger partial charge in [0.15, 0.2) is 0 Å². The number of rotatable bonds is 4. The van der Waals surface area contributed by atoms with E-state index in [1.807, 2.05) is 5.32 Å². The zero-order valence-electron chi connectivity index (χ0n) is 15.8. The highest BCUT2D eigenvalue weighted by atomic mass is 16.3. The first kappa shape index (κ1) is 20.3. The Labute approximate surface area is 168 Å². The summed E-state index contributed by atoms with van der Waals surface area (Å²) in [6.45, 7) is 0. The van der Waals surface area contributed by atoms with Gasteiger partial charge in [-0.3, -0.25) is 34.2 Å². The Morgan fingerprint density at radius 3 is 2.57 bits per heavy atom. The van der Waals surface area contributed by atoms with Gasteiger partial charge in [-0.05, 0) is 24.3 Å². The van der Waals surface area contributed by atoms with Gasteiger partial charge in [-0.2, -0.15) is 0 Å². The maximum atomic E-state index is 12.2. The van der Waals surface area contributed by atoms with E-state index in [2.05, 4.69) is 4.98 Å². The summed E-state index contributed by atoms with van der Waals surface area (Å²) in [7, 11) is 2.51. The number of hydrogen-bond acceptors (Lipinski definition) is 7. The van der Waals surface area contributed by atoms with Crippen molar-refractivity contribution in [2.24, 2.45) is 7.05 Å². The van der Waals surface area contributed by atoms with Gasteiger partial charge in [0.25, 0.3) is 17.4 Å². The molecule has 0 unspecified atom stereocenters. The molecule has 3 rings (SSSR count). The van der Waals surface area contributed by atoms with E-state index in [1.165, 1.54) is 44.7 Å². The molecule has 4 amide bonds. The van der Waals surface area contributed by atoms with Crippen LogP contribution in [0.25, 0.3) is 11.6 Å². The second-order valence-corrected chi connectivity index (χ2v) is 6.19. The number of imide groups is 2. The van der Waals surface area contributed by atoms with Gasteiger partial charge < -0.3 is 9.52 Å². The van der Waals surface area contributed by atoms with Crippen LogP contribution in [-0.2, 0) is 16.6 Å². The number of amides is 4. The standard InChI is InChI=1S/C19H16N4O7/c1-22-16(26)11(14(24)20-18(22)28)7-5-10(13-4-3-9-30-13)6-8-12-15(25)21-19(29)23(2)17(12)27/h3-9,26H,1-2H3,(H,20,24,28)(H,21,25,29). The van der Waals surface area contributed by atoms with Gasteiger partial charge in [0, 0.05) is 19.7 Å². The molecule has 11 heteroatoms. The molecule has 0 aliphatic carbocycles. The first-order valence-electron chi connectivity index (χ1n) is 8.50. The number of urea groups is 1. The summed E-state index contributed by atoms with van der Waals surface area (Å²) in [6, 6.07) is 2.37. The maximum Gasteiger partial charge on any atom is 0.331 e. The Hall–Kier alpha value is -4.41. The number of hydrogen-bond donors (Lipinski definition) is 3. The number of aromatic nitrogens is 2. The number of allylic oxidation sites excluding steroid dienone is 4. The van der Waals surface area contributed by atoms with Gasteiger partial charge in [-0.15, -0.1) is 0 Å². The number of nitrogens with zero attached hydrogens (tertiary/aromatic N) is 2. The zero-order chi connectivity index (χ0) is 22.0. The highest BCUT2D eigenvalue weighted by Crippen LogP contribution is 2.20. The number of carbonyl (C=O) groups is 3. The van der Waals surface area contributed by atoms with E-state index in [1.54, 1.807) is 12.1 Å². The minimum Gasteiger partial charge on any atom is -0.494 e. The minimum atomic E-state index is -0.853. The van der Waals surface area contributed by atoms with Gasteiger partial charge in [0.1, 0.15) is 16.9 Å². The SMILES string of the molecule is CN1C(=O)NC(=O)C(=CC=C(C=Cc2c(O)n(C)c(=O)[nH]c2=O)c2ccco2)C1=O. The Balaban J connectivity index is 2.05. The van der Waals surface area contributed by atoms with Crippen molar-refractivity contribution in [1.82, 2.24) is 19.8 Å². The number of H-pyrrole nitrogens is 1. The van der Waals surface area contributed by atoms with Crippen LogP contribution < -0.4 is 16.6 Å². The normalized spacial score (nSPS) is 16.6. The van der Waals surface area contributed by atoms with Crippen molar-refractivity contribution >= 4 is 29.5 Å². The van der Waals surface area contributed by atoms with Crippen LogP contribution >= 0.6 is 0 Å². The smallest absolute Gasteiger partial charge is 0.331 e. The average molecular weight is 412 g/mol. The molecule has 1 saturated heterocycles. The highest BCUT2D eigenvalue weighted by molar-refractivity contribution is 6.28. The predicted octanol–water partition coefficient (Wildman–Crippen LogP) is 0.104. The molecule has 3 heterocycles. The molecule has 0 saturated carbocycles. The number of furan rings is 1. The fourth-order valence-electron chi connectivity index (χ4n) is 2.55. The first-order valence-corrected chi connectivity index (χ1v) is 8.50. The Bertz CT molecular complexity index is 1240. The summed E-state index contributed by atoms with van der Waals surface area (Å²) in [5.74, 6) is -1.85. The van der Waals surface area contributed by atoms with Gasteiger partial charge >= 0.3 is 11.7 Å². The number of aromatic amines is 1. The molecule has 2 aromatic rings. The molecule has 1 aliphatic rings. The molecule has 0 radical (unpaired) electrons. The highest BCUT2D eigenvalue weighted by Gasteiger charge is 2.32. The second kappa shape index (κ2) is 7.91. The third-order valence-corrected chi connectivity index (χ3v) is 4.30. The van der Waals surface area contributed by atoms with E-state index >= 15 is 0 Å². The Morgan fingerprint density at radius 2 is 1.90 bits per heavy atom. The quantitative estimate of drug-likeness (QED) is 0.365. The lowest BCUT2D eigenvalue weighted by molar-refractivity contribution is -0.129. The number of likely N-dealkylation sites (N-methyl/N-ethyl adjacent to an activating group) is 1. The van der Waals surface area contributed by atoms with Crippen LogP contribution in [0.1, 0.15) is 11.3 Å². The molecular weight excluding hydrogens is 396 g/mol. The lowest BCUT2D eigenvalue weighted by atomic mass is 10.1.